The second kappa shape index (κ2) is 4.42. The number of hydrogen-bond acceptors (Lipinski definition) is 0. The molecule has 12 heteroatoms. The molecular formula is C6H5ClF10Si. The van der Waals surface area contributed by atoms with Crippen LogP contribution in [0.2, 0.25) is 6.04 Å². The molecule has 0 nitrogen and oxygen atoms in total. The van der Waals surface area contributed by atoms with E-state index >= 15 is 0 Å². The number of rotatable bonds is 3. The summed E-state index contributed by atoms with van der Waals surface area (Å²) in [5.41, 5.74) is -12.6. The molecule has 110 valence electrons. The van der Waals surface area contributed by atoms with Crippen molar-refractivity contribution in [3.05, 3.63) is 0 Å². The second-order valence-corrected chi connectivity index (χ2v) is 8.80. The molecule has 0 amide bonds. The quantitative estimate of drug-likeness (QED) is 0.401. The Hall–Kier alpha value is -0.193. The SMILES string of the molecule is CC[Si](Cl)(C(F)(F)C(F)(F)F)C(F)(F)C(F)(F)F. The summed E-state index contributed by atoms with van der Waals surface area (Å²) in [5.74, 6) is 0. The van der Waals surface area contributed by atoms with E-state index in [9.17, 15) is 43.9 Å². The lowest BCUT2D eigenvalue weighted by atomic mass is 10.6. The average Bonchev–Trinajstić information content (AvgIpc) is 2.12. The van der Waals surface area contributed by atoms with E-state index in [4.69, 9.17) is 0 Å². The molecule has 0 aromatic rings. The molecular weight excluding hydrogens is 326 g/mol. The van der Waals surface area contributed by atoms with Gasteiger partial charge in [0, 0.05) is 0 Å². The van der Waals surface area contributed by atoms with Crippen LogP contribution in [0.1, 0.15) is 6.92 Å². The molecule has 0 rings (SSSR count). The fraction of sp³-hybridized carbons (Fsp3) is 1.00. The average molecular weight is 331 g/mol. The van der Waals surface area contributed by atoms with Gasteiger partial charge in [-0.3, -0.25) is 0 Å². The highest BCUT2D eigenvalue weighted by Crippen LogP contribution is 2.56. The Morgan fingerprint density at radius 2 is 0.944 bits per heavy atom. The summed E-state index contributed by atoms with van der Waals surface area (Å²) in [7, 11) is -6.89. The van der Waals surface area contributed by atoms with E-state index in [-0.39, 0.29) is 0 Å². The lowest BCUT2D eigenvalue weighted by Crippen LogP contribution is -2.71. The van der Waals surface area contributed by atoms with Crippen LogP contribution in [0.3, 0.4) is 0 Å². The monoisotopic (exact) mass is 330 g/mol. The minimum absolute atomic E-state index is 0.332. The van der Waals surface area contributed by atoms with Crippen LogP contribution in [0.4, 0.5) is 43.9 Å². The van der Waals surface area contributed by atoms with Crippen molar-refractivity contribution in [1.29, 1.82) is 0 Å². The van der Waals surface area contributed by atoms with Gasteiger partial charge < -0.3 is 0 Å². The van der Waals surface area contributed by atoms with E-state index in [0.717, 1.165) is 0 Å². The normalized spacial score (nSPS) is 16.0. The number of halogens is 11. The van der Waals surface area contributed by atoms with Crippen LogP contribution >= 0.6 is 11.1 Å². The van der Waals surface area contributed by atoms with Crippen LogP contribution in [-0.2, 0) is 0 Å². The molecule has 0 saturated heterocycles. The van der Waals surface area contributed by atoms with Crippen LogP contribution in [0.15, 0.2) is 0 Å². The van der Waals surface area contributed by atoms with E-state index in [1.165, 1.54) is 0 Å². The van der Waals surface area contributed by atoms with Crippen molar-refractivity contribution >= 4 is 18.5 Å². The van der Waals surface area contributed by atoms with Gasteiger partial charge in [0.1, 0.15) is 0 Å². The smallest absolute Gasteiger partial charge is 0.200 e. The van der Waals surface area contributed by atoms with E-state index in [2.05, 4.69) is 11.1 Å². The molecule has 0 heterocycles. The first-order chi connectivity index (χ1) is 7.56. The summed E-state index contributed by atoms with van der Waals surface area (Å²) < 4.78 is 123. The maximum absolute atomic E-state index is 12.8. The largest absolute Gasteiger partial charge is 0.450 e. The Balaban J connectivity index is 5.96. The molecule has 0 spiro atoms. The van der Waals surface area contributed by atoms with Gasteiger partial charge >= 0.3 is 30.8 Å². The summed E-state index contributed by atoms with van der Waals surface area (Å²) in [6, 6.07) is -1.81. The fourth-order valence-corrected chi connectivity index (χ4v) is 3.91. The molecule has 0 atom stereocenters. The third-order valence-electron chi connectivity index (χ3n) is 2.19. The van der Waals surface area contributed by atoms with Crippen LogP contribution in [0.25, 0.3) is 0 Å². The highest BCUT2D eigenvalue weighted by Gasteiger charge is 2.85. The minimum Gasteiger partial charge on any atom is -0.200 e. The summed E-state index contributed by atoms with van der Waals surface area (Å²) in [6.07, 6.45) is -13.2. The van der Waals surface area contributed by atoms with Crippen molar-refractivity contribution in [3.8, 4) is 0 Å². The lowest BCUT2D eigenvalue weighted by molar-refractivity contribution is -0.274. The molecule has 0 aliphatic rings. The van der Waals surface area contributed by atoms with E-state index in [1.54, 1.807) is 0 Å². The van der Waals surface area contributed by atoms with Gasteiger partial charge in [-0.2, -0.15) is 55.0 Å². The van der Waals surface area contributed by atoms with Crippen molar-refractivity contribution in [2.75, 3.05) is 0 Å². The molecule has 0 radical (unpaired) electrons. The maximum Gasteiger partial charge on any atom is 0.450 e. The summed E-state index contributed by atoms with van der Waals surface area (Å²) in [4.78, 5) is 0. The van der Waals surface area contributed by atoms with Gasteiger partial charge in [0.2, 0.25) is 0 Å². The molecule has 0 saturated carbocycles. The Morgan fingerprint density at radius 3 is 1.06 bits per heavy atom. The minimum atomic E-state index is -6.89. The van der Waals surface area contributed by atoms with E-state index in [1.807, 2.05) is 0 Å². The zero-order valence-corrected chi connectivity index (χ0v) is 10.1. The third-order valence-corrected chi connectivity index (χ3v) is 7.95. The Morgan fingerprint density at radius 1 is 0.722 bits per heavy atom. The van der Waals surface area contributed by atoms with Gasteiger partial charge in [-0.1, -0.05) is 6.92 Å². The Bertz CT molecular complexity index is 278. The van der Waals surface area contributed by atoms with Crippen molar-refractivity contribution in [1.82, 2.24) is 0 Å². The lowest BCUT2D eigenvalue weighted by Gasteiger charge is -2.38. The molecule has 0 aliphatic heterocycles. The van der Waals surface area contributed by atoms with Crippen LogP contribution < -0.4 is 0 Å². The molecule has 0 bridgehead atoms. The summed E-state index contributed by atoms with van der Waals surface area (Å²) in [6.45, 7) is 0.332. The highest BCUT2D eigenvalue weighted by molar-refractivity contribution is 7.23. The Kier molecular flexibility index (Phi) is 4.38. The highest BCUT2D eigenvalue weighted by atomic mass is 35.6. The zero-order chi connectivity index (χ0) is 15.2. The molecule has 18 heavy (non-hydrogen) atoms. The van der Waals surface area contributed by atoms with Gasteiger partial charge in [0.05, 0.1) is 0 Å². The second-order valence-electron chi connectivity index (χ2n) is 3.30. The zero-order valence-electron chi connectivity index (χ0n) is 8.36. The topological polar surface area (TPSA) is 0 Å². The molecule has 0 unspecified atom stereocenters. The first-order valence-electron chi connectivity index (χ1n) is 4.14. The van der Waals surface area contributed by atoms with E-state index < -0.39 is 36.9 Å². The standard InChI is InChI=1S/C6H5ClF10Si/c1-2-18(7,5(14,15)3(8,9)10)6(16,17)4(11,12)13/h2H2,1H3. The fourth-order valence-electron chi connectivity index (χ4n) is 1.09. The van der Waals surface area contributed by atoms with Crippen LogP contribution in [-0.4, -0.2) is 30.8 Å². The Labute approximate surface area is 99.6 Å². The first kappa shape index (κ1) is 17.8. The van der Waals surface area contributed by atoms with Gasteiger partial charge in [-0.25, -0.2) is 0 Å². The van der Waals surface area contributed by atoms with E-state index in [0.29, 0.717) is 6.92 Å². The van der Waals surface area contributed by atoms with Crippen molar-refractivity contribution in [3.63, 3.8) is 0 Å². The number of hydrogen-bond donors (Lipinski definition) is 0. The van der Waals surface area contributed by atoms with Crippen molar-refractivity contribution < 1.29 is 43.9 Å². The maximum atomic E-state index is 12.8. The van der Waals surface area contributed by atoms with Crippen molar-refractivity contribution in [2.45, 2.75) is 36.4 Å². The molecule has 0 aromatic carbocycles. The first-order valence-corrected chi connectivity index (χ1v) is 7.36. The predicted molar refractivity (Wildman–Crippen MR) is 44.1 cm³/mol. The van der Waals surface area contributed by atoms with Gasteiger partial charge in [0.15, 0.2) is 0 Å². The molecule has 0 aromatic heterocycles. The van der Waals surface area contributed by atoms with Gasteiger partial charge in [-0.05, 0) is 6.04 Å². The van der Waals surface area contributed by atoms with Crippen LogP contribution in [0, 0.1) is 0 Å². The van der Waals surface area contributed by atoms with Crippen molar-refractivity contribution in [2.24, 2.45) is 0 Å². The summed E-state index contributed by atoms with van der Waals surface area (Å²) >= 11 is 4.48. The molecule has 0 aliphatic carbocycles. The van der Waals surface area contributed by atoms with Crippen LogP contribution in [0.5, 0.6) is 0 Å². The van der Waals surface area contributed by atoms with Gasteiger partial charge in [-0.15, -0.1) is 0 Å². The number of alkyl halides is 10. The summed E-state index contributed by atoms with van der Waals surface area (Å²) in [5, 5.41) is 0. The molecule has 0 fully saturated rings. The molecule has 0 N–H and O–H groups in total. The third kappa shape index (κ3) is 2.30. The van der Waals surface area contributed by atoms with Gasteiger partial charge in [0.25, 0.3) is 0 Å². The predicted octanol–water partition coefficient (Wildman–Crippen LogP) is 4.66.